The third-order valence-corrected chi connectivity index (χ3v) is 5.18. The van der Waals surface area contributed by atoms with Gasteiger partial charge >= 0.3 is 0 Å². The second-order valence-electron chi connectivity index (χ2n) is 7.75. The Hall–Kier alpha value is -3.34. The summed E-state index contributed by atoms with van der Waals surface area (Å²) in [5.41, 5.74) is 3.24. The van der Waals surface area contributed by atoms with Gasteiger partial charge in [-0.15, -0.1) is 0 Å². The first-order valence-electron chi connectivity index (χ1n) is 10.3. The highest BCUT2D eigenvalue weighted by molar-refractivity contribution is 5.94. The average molecular weight is 422 g/mol. The molecular weight excluding hydrogens is 393 g/mol. The van der Waals surface area contributed by atoms with E-state index in [1.165, 1.54) is 12.1 Å². The van der Waals surface area contributed by atoms with Gasteiger partial charge in [0.15, 0.2) is 0 Å². The number of carbonyl (C=O) groups excluding carboxylic acids is 1. The van der Waals surface area contributed by atoms with Crippen LogP contribution in [-0.4, -0.2) is 13.0 Å². The summed E-state index contributed by atoms with van der Waals surface area (Å²) in [5.74, 6) is 1.29. The fraction of sp³-hybridized carbons (Fsp3) is 0.269. The topological polar surface area (TPSA) is 47.6 Å². The third kappa shape index (κ3) is 5.63. The van der Waals surface area contributed by atoms with Crippen molar-refractivity contribution in [1.29, 1.82) is 0 Å². The van der Waals surface area contributed by atoms with E-state index in [9.17, 15) is 9.18 Å². The monoisotopic (exact) mass is 421 g/mol. The molecule has 0 bridgehead atoms. The van der Waals surface area contributed by atoms with Crippen LogP contribution in [0.15, 0.2) is 66.7 Å². The summed E-state index contributed by atoms with van der Waals surface area (Å²) < 4.78 is 24.7. The molecule has 162 valence electrons. The lowest BCUT2D eigenvalue weighted by Crippen LogP contribution is -2.26. The zero-order chi connectivity index (χ0) is 22.4. The van der Waals surface area contributed by atoms with Crippen molar-refractivity contribution in [1.82, 2.24) is 5.32 Å². The van der Waals surface area contributed by atoms with Gasteiger partial charge in [-0.25, -0.2) is 4.39 Å². The number of hydrogen-bond donors (Lipinski definition) is 1. The normalized spacial score (nSPS) is 11.8. The molecule has 3 rings (SSSR count). The van der Waals surface area contributed by atoms with Crippen LogP contribution in [0.3, 0.4) is 0 Å². The van der Waals surface area contributed by atoms with Crippen LogP contribution in [-0.2, 0) is 6.61 Å². The second-order valence-corrected chi connectivity index (χ2v) is 7.75. The SMILES string of the molecule is COc1ccc(C(=O)N[C@H](C)c2ccc(F)cc2)cc1COc1ccccc1C(C)C. The third-order valence-electron chi connectivity index (χ3n) is 5.18. The van der Waals surface area contributed by atoms with Crippen molar-refractivity contribution in [2.75, 3.05) is 7.11 Å². The van der Waals surface area contributed by atoms with Crippen LogP contribution in [0.1, 0.15) is 59.8 Å². The van der Waals surface area contributed by atoms with E-state index >= 15 is 0 Å². The second kappa shape index (κ2) is 10.1. The summed E-state index contributed by atoms with van der Waals surface area (Å²) in [6.07, 6.45) is 0. The number of carbonyl (C=O) groups is 1. The van der Waals surface area contributed by atoms with Gasteiger partial charge in [0.05, 0.1) is 13.2 Å². The molecule has 3 aromatic carbocycles. The Morgan fingerprint density at radius 3 is 2.35 bits per heavy atom. The number of hydrogen-bond acceptors (Lipinski definition) is 3. The molecule has 0 aromatic heterocycles. The Morgan fingerprint density at radius 1 is 0.968 bits per heavy atom. The van der Waals surface area contributed by atoms with Crippen LogP contribution in [0, 0.1) is 5.82 Å². The molecule has 0 saturated carbocycles. The largest absolute Gasteiger partial charge is 0.496 e. The fourth-order valence-corrected chi connectivity index (χ4v) is 3.39. The number of para-hydroxylation sites is 1. The molecule has 0 aliphatic carbocycles. The Kier molecular flexibility index (Phi) is 7.29. The number of benzene rings is 3. The zero-order valence-corrected chi connectivity index (χ0v) is 18.3. The van der Waals surface area contributed by atoms with E-state index in [4.69, 9.17) is 9.47 Å². The molecule has 0 saturated heterocycles. The van der Waals surface area contributed by atoms with Crippen molar-refractivity contribution >= 4 is 5.91 Å². The number of rotatable bonds is 8. The highest BCUT2D eigenvalue weighted by Gasteiger charge is 2.15. The summed E-state index contributed by atoms with van der Waals surface area (Å²) in [6.45, 7) is 6.38. The van der Waals surface area contributed by atoms with Gasteiger partial charge in [0.1, 0.15) is 23.9 Å². The first kappa shape index (κ1) is 22.3. The molecule has 0 aliphatic rings. The maximum Gasteiger partial charge on any atom is 0.251 e. The minimum absolute atomic E-state index is 0.219. The first-order chi connectivity index (χ1) is 14.9. The van der Waals surface area contributed by atoms with Crippen molar-refractivity contribution in [3.63, 3.8) is 0 Å². The lowest BCUT2D eigenvalue weighted by Gasteiger charge is -2.17. The summed E-state index contributed by atoms with van der Waals surface area (Å²) >= 11 is 0. The molecular formula is C26H28FNO3. The van der Waals surface area contributed by atoms with E-state index in [1.807, 2.05) is 25.1 Å². The molecule has 31 heavy (non-hydrogen) atoms. The maximum absolute atomic E-state index is 13.1. The molecule has 5 heteroatoms. The first-order valence-corrected chi connectivity index (χ1v) is 10.3. The van der Waals surface area contributed by atoms with Crippen LogP contribution in [0.25, 0.3) is 0 Å². The van der Waals surface area contributed by atoms with Crippen molar-refractivity contribution in [3.8, 4) is 11.5 Å². The fourth-order valence-electron chi connectivity index (χ4n) is 3.39. The van der Waals surface area contributed by atoms with E-state index in [-0.39, 0.29) is 24.4 Å². The molecule has 1 amide bonds. The van der Waals surface area contributed by atoms with E-state index < -0.39 is 0 Å². The average Bonchev–Trinajstić information content (AvgIpc) is 2.77. The van der Waals surface area contributed by atoms with Gasteiger partial charge in [-0.2, -0.15) is 0 Å². The summed E-state index contributed by atoms with van der Waals surface area (Å²) in [5, 5.41) is 2.95. The Bertz CT molecular complexity index is 1030. The van der Waals surface area contributed by atoms with Crippen LogP contribution >= 0.6 is 0 Å². The summed E-state index contributed by atoms with van der Waals surface area (Å²) in [4.78, 5) is 12.8. The number of nitrogens with one attached hydrogen (secondary N) is 1. The molecule has 0 radical (unpaired) electrons. The molecule has 4 nitrogen and oxygen atoms in total. The van der Waals surface area contributed by atoms with E-state index in [2.05, 4.69) is 25.2 Å². The van der Waals surface area contributed by atoms with Gasteiger partial charge in [0.25, 0.3) is 5.91 Å². The highest BCUT2D eigenvalue weighted by Crippen LogP contribution is 2.28. The van der Waals surface area contributed by atoms with Gasteiger partial charge in [0, 0.05) is 11.1 Å². The summed E-state index contributed by atoms with van der Waals surface area (Å²) in [7, 11) is 1.59. The minimum Gasteiger partial charge on any atom is -0.496 e. The lowest BCUT2D eigenvalue weighted by atomic mass is 10.0. The molecule has 3 aromatic rings. The maximum atomic E-state index is 13.1. The molecule has 1 N–H and O–H groups in total. The summed E-state index contributed by atoms with van der Waals surface area (Å²) in [6, 6.07) is 19.1. The van der Waals surface area contributed by atoms with Crippen molar-refractivity contribution in [2.45, 2.75) is 39.3 Å². The van der Waals surface area contributed by atoms with Gasteiger partial charge in [-0.1, -0.05) is 44.2 Å². The number of ether oxygens (including phenoxy) is 2. The van der Waals surface area contributed by atoms with Gasteiger partial charge in [-0.3, -0.25) is 4.79 Å². The Balaban J connectivity index is 1.75. The lowest BCUT2D eigenvalue weighted by molar-refractivity contribution is 0.0939. The van der Waals surface area contributed by atoms with Crippen LogP contribution < -0.4 is 14.8 Å². The predicted molar refractivity (Wildman–Crippen MR) is 120 cm³/mol. The van der Waals surface area contributed by atoms with Gasteiger partial charge < -0.3 is 14.8 Å². The van der Waals surface area contributed by atoms with Gasteiger partial charge in [0.2, 0.25) is 0 Å². The minimum atomic E-state index is -0.305. The van der Waals surface area contributed by atoms with E-state index in [1.54, 1.807) is 37.4 Å². The van der Waals surface area contributed by atoms with Crippen LogP contribution in [0.5, 0.6) is 11.5 Å². The molecule has 0 aliphatic heterocycles. The Morgan fingerprint density at radius 2 is 1.68 bits per heavy atom. The number of methoxy groups -OCH3 is 1. The molecule has 0 unspecified atom stereocenters. The van der Waals surface area contributed by atoms with Gasteiger partial charge in [-0.05, 0) is 60.4 Å². The highest BCUT2D eigenvalue weighted by atomic mass is 19.1. The Labute approximate surface area is 183 Å². The number of amides is 1. The quantitative estimate of drug-likeness (QED) is 0.483. The molecule has 0 fully saturated rings. The van der Waals surface area contributed by atoms with E-state index in [0.29, 0.717) is 17.2 Å². The van der Waals surface area contributed by atoms with Crippen LogP contribution in [0.4, 0.5) is 4.39 Å². The molecule has 0 heterocycles. The van der Waals surface area contributed by atoms with Crippen molar-refractivity contribution in [3.05, 3.63) is 94.8 Å². The smallest absolute Gasteiger partial charge is 0.251 e. The van der Waals surface area contributed by atoms with Crippen molar-refractivity contribution in [2.24, 2.45) is 0 Å². The zero-order valence-electron chi connectivity index (χ0n) is 18.3. The predicted octanol–water partition coefficient (Wildman–Crippen LogP) is 6.03. The number of halogens is 1. The molecule has 1 atom stereocenters. The molecule has 0 spiro atoms. The van der Waals surface area contributed by atoms with E-state index in [0.717, 1.165) is 22.4 Å². The van der Waals surface area contributed by atoms with Crippen LogP contribution in [0.2, 0.25) is 0 Å². The standard InChI is InChI=1S/C26H28FNO3/c1-17(2)23-7-5-6-8-25(23)31-16-21-15-20(11-14-24(21)30-4)26(29)28-18(3)19-9-12-22(27)13-10-19/h5-15,17-18H,16H2,1-4H3,(H,28,29)/t18-/m1/s1. The van der Waals surface area contributed by atoms with Crippen molar-refractivity contribution < 1.29 is 18.7 Å².